The zero-order valence-corrected chi connectivity index (χ0v) is 7.98. The van der Waals surface area contributed by atoms with Gasteiger partial charge in [-0.1, -0.05) is 0 Å². The van der Waals surface area contributed by atoms with Crippen LogP contribution in [0.25, 0.3) is 0 Å². The second-order valence-corrected chi connectivity index (χ2v) is 3.06. The first-order chi connectivity index (χ1) is 5.57. The fourth-order valence-electron chi connectivity index (χ4n) is 0.805. The van der Waals surface area contributed by atoms with Crippen molar-refractivity contribution in [2.75, 3.05) is 18.6 Å². The number of rotatable bonds is 1. The second-order valence-electron chi connectivity index (χ2n) is 2.20. The van der Waals surface area contributed by atoms with Crippen LogP contribution < -0.4 is 16.2 Å². The third-order valence-corrected chi connectivity index (χ3v) is 2.06. The van der Waals surface area contributed by atoms with Gasteiger partial charge in [0.2, 0.25) is 0 Å². The number of anilines is 2. The van der Waals surface area contributed by atoms with Gasteiger partial charge < -0.3 is 16.2 Å². The molecule has 0 spiro atoms. The van der Waals surface area contributed by atoms with Crippen molar-refractivity contribution in [1.82, 2.24) is 0 Å². The van der Waals surface area contributed by atoms with Crippen LogP contribution in [-0.2, 0) is 0 Å². The van der Waals surface area contributed by atoms with Gasteiger partial charge in [0.1, 0.15) is 11.4 Å². The minimum absolute atomic E-state index is 0.0961. The molecule has 1 aromatic carbocycles. The van der Waals surface area contributed by atoms with Crippen LogP contribution >= 0.6 is 15.9 Å². The molecule has 0 bridgehead atoms. The predicted molar refractivity (Wildman–Crippen MR) is 49.5 cm³/mol. The number of ether oxygens (including phenoxy) is 1. The van der Waals surface area contributed by atoms with Crippen LogP contribution in [0, 0.1) is 5.82 Å². The molecule has 0 saturated heterocycles. The van der Waals surface area contributed by atoms with E-state index in [2.05, 4.69) is 15.9 Å². The minimum Gasteiger partial charge on any atom is -0.494 e. The molecule has 5 heteroatoms. The summed E-state index contributed by atoms with van der Waals surface area (Å²) in [7, 11) is 1.44. The first-order valence-electron chi connectivity index (χ1n) is 3.15. The highest BCUT2D eigenvalue weighted by molar-refractivity contribution is 9.10. The molecular formula is C7H8BrFN2O. The van der Waals surface area contributed by atoms with Gasteiger partial charge in [0, 0.05) is 0 Å². The van der Waals surface area contributed by atoms with Crippen LogP contribution in [-0.4, -0.2) is 7.11 Å². The van der Waals surface area contributed by atoms with E-state index in [1.165, 1.54) is 13.2 Å². The Morgan fingerprint density at radius 2 is 2.00 bits per heavy atom. The quantitative estimate of drug-likeness (QED) is 0.729. The summed E-state index contributed by atoms with van der Waals surface area (Å²) in [5.41, 5.74) is 10.8. The normalized spacial score (nSPS) is 9.92. The number of nitrogens with two attached hydrogens (primary N) is 2. The lowest BCUT2D eigenvalue weighted by Crippen LogP contribution is -2.01. The number of hydrogen-bond acceptors (Lipinski definition) is 3. The topological polar surface area (TPSA) is 61.3 Å². The maximum Gasteiger partial charge on any atom is 0.162 e. The first kappa shape index (κ1) is 9.12. The van der Waals surface area contributed by atoms with E-state index in [0.29, 0.717) is 5.75 Å². The Balaban J connectivity index is 3.39. The standard InChI is InChI=1S/C7H8BrFN2O/c1-12-4-2-3(8)5(9)7(11)6(4)10/h2H,10-11H2,1H3. The molecule has 0 aromatic heterocycles. The fourth-order valence-corrected chi connectivity index (χ4v) is 1.23. The molecule has 0 aliphatic heterocycles. The molecular weight excluding hydrogens is 227 g/mol. The van der Waals surface area contributed by atoms with E-state index < -0.39 is 5.82 Å². The van der Waals surface area contributed by atoms with Crippen molar-refractivity contribution >= 4 is 27.3 Å². The van der Waals surface area contributed by atoms with E-state index in [1.54, 1.807) is 0 Å². The maximum absolute atomic E-state index is 13.0. The van der Waals surface area contributed by atoms with Gasteiger partial charge in [0.25, 0.3) is 0 Å². The molecule has 4 N–H and O–H groups in total. The largest absolute Gasteiger partial charge is 0.494 e. The Kier molecular flexibility index (Phi) is 2.42. The monoisotopic (exact) mass is 234 g/mol. The summed E-state index contributed by atoms with van der Waals surface area (Å²) in [6, 6.07) is 1.43. The average molecular weight is 235 g/mol. The van der Waals surface area contributed by atoms with Crippen LogP contribution in [0.4, 0.5) is 15.8 Å². The number of halogens is 2. The summed E-state index contributed by atoms with van der Waals surface area (Å²) >= 11 is 2.98. The molecule has 3 nitrogen and oxygen atoms in total. The van der Waals surface area contributed by atoms with Crippen LogP contribution in [0.15, 0.2) is 10.5 Å². The number of benzene rings is 1. The van der Waals surface area contributed by atoms with E-state index in [1.807, 2.05) is 0 Å². The molecule has 0 radical (unpaired) electrons. The van der Waals surface area contributed by atoms with Gasteiger partial charge in [-0.3, -0.25) is 0 Å². The van der Waals surface area contributed by atoms with Crippen molar-refractivity contribution in [3.63, 3.8) is 0 Å². The lowest BCUT2D eigenvalue weighted by molar-refractivity contribution is 0.416. The highest BCUT2D eigenvalue weighted by Gasteiger charge is 2.12. The van der Waals surface area contributed by atoms with Crippen LogP contribution in [0.5, 0.6) is 5.75 Å². The molecule has 66 valence electrons. The third kappa shape index (κ3) is 1.32. The molecule has 0 aliphatic rings. The summed E-state index contributed by atoms with van der Waals surface area (Å²) in [5.74, 6) is -0.200. The van der Waals surface area contributed by atoms with Gasteiger partial charge in [0.05, 0.1) is 17.3 Å². The zero-order chi connectivity index (χ0) is 9.30. The third-order valence-electron chi connectivity index (χ3n) is 1.48. The molecule has 12 heavy (non-hydrogen) atoms. The van der Waals surface area contributed by atoms with Gasteiger partial charge in [-0.2, -0.15) is 0 Å². The number of hydrogen-bond donors (Lipinski definition) is 2. The van der Waals surface area contributed by atoms with Crippen LogP contribution in [0.2, 0.25) is 0 Å². The van der Waals surface area contributed by atoms with E-state index >= 15 is 0 Å². The predicted octanol–water partition coefficient (Wildman–Crippen LogP) is 1.76. The number of nitrogen functional groups attached to an aromatic ring is 2. The van der Waals surface area contributed by atoms with Crippen molar-refractivity contribution in [3.8, 4) is 5.75 Å². The smallest absolute Gasteiger partial charge is 0.162 e. The van der Waals surface area contributed by atoms with Gasteiger partial charge in [-0.15, -0.1) is 0 Å². The van der Waals surface area contributed by atoms with Gasteiger partial charge in [0.15, 0.2) is 5.82 Å². The van der Waals surface area contributed by atoms with E-state index in [0.717, 1.165) is 0 Å². The lowest BCUT2D eigenvalue weighted by Gasteiger charge is -2.08. The summed E-state index contributed by atoms with van der Waals surface area (Å²) < 4.78 is 18.1. The minimum atomic E-state index is -0.562. The Morgan fingerprint density at radius 3 is 2.50 bits per heavy atom. The van der Waals surface area contributed by atoms with Gasteiger partial charge in [-0.25, -0.2) is 4.39 Å². The zero-order valence-electron chi connectivity index (χ0n) is 6.40. The molecule has 0 amide bonds. The van der Waals surface area contributed by atoms with Gasteiger partial charge in [-0.05, 0) is 22.0 Å². The summed E-state index contributed by atoms with van der Waals surface area (Å²) in [5, 5.41) is 0. The summed E-state index contributed by atoms with van der Waals surface area (Å²) in [4.78, 5) is 0. The van der Waals surface area contributed by atoms with Crippen molar-refractivity contribution in [1.29, 1.82) is 0 Å². The highest BCUT2D eigenvalue weighted by atomic mass is 79.9. The van der Waals surface area contributed by atoms with E-state index in [-0.39, 0.29) is 15.8 Å². The molecule has 0 saturated carbocycles. The SMILES string of the molecule is COc1cc(Br)c(F)c(N)c1N. The van der Waals surface area contributed by atoms with Crippen molar-refractivity contribution < 1.29 is 9.13 Å². The first-order valence-corrected chi connectivity index (χ1v) is 3.94. The van der Waals surface area contributed by atoms with Crippen LogP contribution in [0.1, 0.15) is 0 Å². The van der Waals surface area contributed by atoms with Gasteiger partial charge >= 0.3 is 0 Å². The second kappa shape index (κ2) is 3.18. The molecule has 1 rings (SSSR count). The molecule has 0 atom stereocenters. The molecule has 0 aliphatic carbocycles. The number of methoxy groups -OCH3 is 1. The Morgan fingerprint density at radius 1 is 1.42 bits per heavy atom. The van der Waals surface area contributed by atoms with E-state index in [4.69, 9.17) is 16.2 Å². The molecule has 0 heterocycles. The Hall–Kier alpha value is -0.970. The summed E-state index contributed by atoms with van der Waals surface area (Å²) in [6.45, 7) is 0. The highest BCUT2D eigenvalue weighted by Crippen LogP contribution is 2.34. The average Bonchev–Trinajstić information content (AvgIpc) is 2.08. The molecule has 1 aromatic rings. The summed E-state index contributed by atoms with van der Waals surface area (Å²) in [6.07, 6.45) is 0. The van der Waals surface area contributed by atoms with Crippen molar-refractivity contribution in [3.05, 3.63) is 16.4 Å². The lowest BCUT2D eigenvalue weighted by atomic mass is 10.2. The Labute approximate surface area is 77.6 Å². The maximum atomic E-state index is 13.0. The fraction of sp³-hybridized carbons (Fsp3) is 0.143. The van der Waals surface area contributed by atoms with Crippen molar-refractivity contribution in [2.24, 2.45) is 0 Å². The van der Waals surface area contributed by atoms with Crippen LogP contribution in [0.3, 0.4) is 0 Å². The van der Waals surface area contributed by atoms with E-state index in [9.17, 15) is 4.39 Å². The van der Waals surface area contributed by atoms with Crippen molar-refractivity contribution in [2.45, 2.75) is 0 Å². The molecule has 0 unspecified atom stereocenters. The molecule has 0 fully saturated rings. The Bertz CT molecular complexity index is 317.